The predicted octanol–water partition coefficient (Wildman–Crippen LogP) is 2.42. The third-order valence-electron chi connectivity index (χ3n) is 3.06. The summed E-state index contributed by atoms with van der Waals surface area (Å²) in [6.45, 7) is 5.06. The Kier molecular flexibility index (Phi) is 7.40. The Morgan fingerprint density at radius 2 is 1.80 bits per heavy atom. The second-order valence-corrected chi connectivity index (χ2v) is 4.52. The molecule has 1 aromatic rings. The molecule has 1 amide bonds. The fourth-order valence-electron chi connectivity index (χ4n) is 1.95. The number of carbonyl (C=O) groups excluding carboxylic acids is 2. The van der Waals surface area contributed by atoms with Crippen molar-refractivity contribution in [3.05, 3.63) is 35.9 Å². The van der Waals surface area contributed by atoms with Crippen LogP contribution in [0.2, 0.25) is 0 Å². The first-order valence-corrected chi connectivity index (χ1v) is 7.14. The van der Waals surface area contributed by atoms with E-state index in [2.05, 4.69) is 0 Å². The highest BCUT2D eigenvalue weighted by atomic mass is 16.5. The van der Waals surface area contributed by atoms with E-state index < -0.39 is 0 Å². The summed E-state index contributed by atoms with van der Waals surface area (Å²) < 4.78 is 4.89. The number of hydrogen-bond acceptors (Lipinski definition) is 3. The van der Waals surface area contributed by atoms with Crippen LogP contribution in [-0.2, 0) is 20.7 Å². The van der Waals surface area contributed by atoms with Crippen LogP contribution in [0.5, 0.6) is 0 Å². The quantitative estimate of drug-likeness (QED) is 0.686. The van der Waals surface area contributed by atoms with Gasteiger partial charge >= 0.3 is 5.97 Å². The van der Waals surface area contributed by atoms with Crippen LogP contribution in [0.15, 0.2) is 30.3 Å². The van der Waals surface area contributed by atoms with Crippen LogP contribution >= 0.6 is 0 Å². The lowest BCUT2D eigenvalue weighted by molar-refractivity contribution is -0.144. The summed E-state index contributed by atoms with van der Waals surface area (Å²) in [4.78, 5) is 25.0. The van der Waals surface area contributed by atoms with Crippen LogP contribution in [0.3, 0.4) is 0 Å². The molecule has 110 valence electrons. The van der Waals surface area contributed by atoms with Gasteiger partial charge in [0.25, 0.3) is 0 Å². The number of rotatable bonds is 8. The molecule has 0 unspecified atom stereocenters. The predicted molar refractivity (Wildman–Crippen MR) is 78.3 cm³/mol. The van der Waals surface area contributed by atoms with E-state index in [-0.39, 0.29) is 18.3 Å². The van der Waals surface area contributed by atoms with Crippen molar-refractivity contribution >= 4 is 11.9 Å². The first-order chi connectivity index (χ1) is 9.67. The number of amides is 1. The number of nitrogens with zero attached hydrogens (tertiary/aromatic N) is 1. The van der Waals surface area contributed by atoms with Gasteiger partial charge in [-0.3, -0.25) is 9.59 Å². The van der Waals surface area contributed by atoms with Gasteiger partial charge in [0.1, 0.15) is 0 Å². The van der Waals surface area contributed by atoms with Gasteiger partial charge in [-0.05, 0) is 18.9 Å². The van der Waals surface area contributed by atoms with Crippen LogP contribution in [0.1, 0.15) is 32.3 Å². The monoisotopic (exact) mass is 277 g/mol. The van der Waals surface area contributed by atoms with Crippen LogP contribution in [0, 0.1) is 0 Å². The van der Waals surface area contributed by atoms with Gasteiger partial charge in [0.15, 0.2) is 0 Å². The van der Waals surface area contributed by atoms with Gasteiger partial charge in [-0.15, -0.1) is 0 Å². The maximum Gasteiger partial charge on any atom is 0.307 e. The molecule has 0 saturated heterocycles. The van der Waals surface area contributed by atoms with Crippen molar-refractivity contribution in [1.82, 2.24) is 4.90 Å². The van der Waals surface area contributed by atoms with Crippen molar-refractivity contribution in [3.8, 4) is 0 Å². The average Bonchev–Trinajstić information content (AvgIpc) is 2.48. The van der Waals surface area contributed by atoms with Gasteiger partial charge in [0, 0.05) is 19.5 Å². The van der Waals surface area contributed by atoms with Crippen molar-refractivity contribution in [2.75, 3.05) is 19.7 Å². The maximum atomic E-state index is 11.9. The highest BCUT2D eigenvalue weighted by molar-refractivity contribution is 5.77. The Morgan fingerprint density at radius 1 is 1.10 bits per heavy atom. The van der Waals surface area contributed by atoms with Crippen molar-refractivity contribution in [3.63, 3.8) is 0 Å². The third kappa shape index (κ3) is 5.87. The molecule has 0 saturated carbocycles. The van der Waals surface area contributed by atoms with Crippen molar-refractivity contribution in [2.45, 2.75) is 33.1 Å². The van der Waals surface area contributed by atoms with Gasteiger partial charge in [-0.1, -0.05) is 37.3 Å². The highest BCUT2D eigenvalue weighted by Crippen LogP contribution is 2.04. The Bertz CT molecular complexity index is 417. The van der Waals surface area contributed by atoms with Crippen molar-refractivity contribution in [1.29, 1.82) is 0 Å². The molecule has 4 heteroatoms. The Hall–Kier alpha value is -1.84. The lowest BCUT2D eigenvalue weighted by atomic mass is 10.1. The first kappa shape index (κ1) is 16.2. The van der Waals surface area contributed by atoms with Gasteiger partial charge in [-0.2, -0.15) is 0 Å². The van der Waals surface area contributed by atoms with E-state index in [0.717, 1.165) is 6.42 Å². The summed E-state index contributed by atoms with van der Waals surface area (Å²) in [5.74, 6) is -0.175. The molecule has 0 fully saturated rings. The molecule has 0 N–H and O–H groups in total. The maximum absolute atomic E-state index is 11.9. The minimum absolute atomic E-state index is 0.0743. The molecular formula is C16H23NO3. The van der Waals surface area contributed by atoms with E-state index in [1.807, 2.05) is 37.3 Å². The van der Waals surface area contributed by atoms with E-state index in [4.69, 9.17) is 4.74 Å². The fourth-order valence-corrected chi connectivity index (χ4v) is 1.95. The molecule has 0 aliphatic carbocycles. The molecule has 0 aliphatic heterocycles. The summed E-state index contributed by atoms with van der Waals surface area (Å²) in [7, 11) is 0. The average molecular weight is 277 g/mol. The topological polar surface area (TPSA) is 46.6 Å². The molecule has 0 aromatic heterocycles. The summed E-state index contributed by atoms with van der Waals surface area (Å²) in [6, 6.07) is 10.0. The van der Waals surface area contributed by atoms with Crippen molar-refractivity contribution < 1.29 is 14.3 Å². The molecule has 4 nitrogen and oxygen atoms in total. The first-order valence-electron chi connectivity index (χ1n) is 7.14. The molecule has 0 aliphatic rings. The molecule has 0 radical (unpaired) electrons. The van der Waals surface area contributed by atoms with Gasteiger partial charge in [-0.25, -0.2) is 0 Å². The molecular weight excluding hydrogens is 254 g/mol. The third-order valence-corrected chi connectivity index (χ3v) is 3.06. The minimum atomic E-state index is -0.249. The second-order valence-electron chi connectivity index (χ2n) is 4.52. The van der Waals surface area contributed by atoms with Gasteiger partial charge < -0.3 is 9.64 Å². The zero-order valence-electron chi connectivity index (χ0n) is 12.3. The molecule has 1 aromatic carbocycles. The highest BCUT2D eigenvalue weighted by Gasteiger charge is 2.13. The van der Waals surface area contributed by atoms with Crippen LogP contribution in [0.25, 0.3) is 0 Å². The summed E-state index contributed by atoms with van der Waals surface area (Å²) in [5.41, 5.74) is 1.19. The van der Waals surface area contributed by atoms with E-state index in [1.165, 1.54) is 5.56 Å². The number of esters is 1. The number of ether oxygens (including phenoxy) is 1. The zero-order valence-corrected chi connectivity index (χ0v) is 12.3. The molecule has 0 heterocycles. The van der Waals surface area contributed by atoms with E-state index in [0.29, 0.717) is 26.1 Å². The smallest absolute Gasteiger partial charge is 0.307 e. The standard InChI is InChI=1S/C16H23NO3/c1-3-15(18)17(13-11-16(19)20-4-2)12-10-14-8-6-5-7-9-14/h5-9H,3-4,10-13H2,1-2H3. The number of benzene rings is 1. The van der Waals surface area contributed by atoms with Crippen LogP contribution in [0.4, 0.5) is 0 Å². The van der Waals surface area contributed by atoms with Crippen molar-refractivity contribution in [2.24, 2.45) is 0 Å². The Morgan fingerprint density at radius 3 is 2.40 bits per heavy atom. The van der Waals surface area contributed by atoms with E-state index >= 15 is 0 Å². The second kappa shape index (κ2) is 9.13. The molecule has 0 atom stereocenters. The molecule has 0 bridgehead atoms. The lowest BCUT2D eigenvalue weighted by Crippen LogP contribution is -2.34. The summed E-state index contributed by atoms with van der Waals surface area (Å²) >= 11 is 0. The van der Waals surface area contributed by atoms with Gasteiger partial charge in [0.2, 0.25) is 5.91 Å². The van der Waals surface area contributed by atoms with Crippen LogP contribution < -0.4 is 0 Å². The lowest BCUT2D eigenvalue weighted by Gasteiger charge is -2.21. The fraction of sp³-hybridized carbons (Fsp3) is 0.500. The molecule has 1 rings (SSSR count). The molecule has 0 spiro atoms. The number of hydrogen-bond donors (Lipinski definition) is 0. The number of carbonyl (C=O) groups is 2. The minimum Gasteiger partial charge on any atom is -0.466 e. The van der Waals surface area contributed by atoms with Crippen LogP contribution in [-0.4, -0.2) is 36.5 Å². The van der Waals surface area contributed by atoms with E-state index in [1.54, 1.807) is 11.8 Å². The normalized spacial score (nSPS) is 10.1. The van der Waals surface area contributed by atoms with Gasteiger partial charge in [0.05, 0.1) is 13.0 Å². The SMILES string of the molecule is CCOC(=O)CCN(CCc1ccccc1)C(=O)CC. The van der Waals surface area contributed by atoms with E-state index in [9.17, 15) is 9.59 Å². The Labute approximate surface area is 120 Å². The summed E-state index contributed by atoms with van der Waals surface area (Å²) in [6.07, 6.45) is 1.52. The molecule has 20 heavy (non-hydrogen) atoms. The largest absolute Gasteiger partial charge is 0.466 e. The summed E-state index contributed by atoms with van der Waals surface area (Å²) in [5, 5.41) is 0. The Balaban J connectivity index is 2.48. The zero-order chi connectivity index (χ0) is 14.8.